The molecule has 1 aromatic rings. The molecule has 0 aromatic carbocycles. The van der Waals surface area contributed by atoms with Crippen LogP contribution in [-0.4, -0.2) is 44.8 Å². The molecule has 3 saturated carbocycles. The van der Waals surface area contributed by atoms with E-state index in [2.05, 4.69) is 20.2 Å². The van der Waals surface area contributed by atoms with Crippen LogP contribution in [0, 0.1) is 11.3 Å². The van der Waals surface area contributed by atoms with Crippen molar-refractivity contribution in [3.63, 3.8) is 0 Å². The van der Waals surface area contributed by atoms with E-state index in [9.17, 15) is 9.59 Å². The lowest BCUT2D eigenvalue weighted by Crippen LogP contribution is -2.64. The predicted octanol–water partition coefficient (Wildman–Crippen LogP) is 1.85. The number of carbonyl (C=O) groups excluding carboxylic acids is 2. The Labute approximate surface area is 153 Å². The Hall–Kier alpha value is -1.98. The zero-order valence-corrected chi connectivity index (χ0v) is 15.1. The number of rotatable bonds is 5. The molecule has 6 rings (SSSR count). The van der Waals surface area contributed by atoms with E-state index in [0.29, 0.717) is 36.7 Å². The van der Waals surface area contributed by atoms with Crippen molar-refractivity contribution in [2.75, 3.05) is 0 Å². The van der Waals surface area contributed by atoms with Crippen LogP contribution in [0.2, 0.25) is 0 Å². The maximum Gasteiger partial charge on any atom is 0.229 e. The number of fused-ring (bicyclic) bond motifs is 2. The van der Waals surface area contributed by atoms with Gasteiger partial charge >= 0.3 is 0 Å². The number of hydrogen-bond donors (Lipinski definition) is 1. The Morgan fingerprint density at radius 1 is 1.12 bits per heavy atom. The highest BCUT2D eigenvalue weighted by molar-refractivity contribution is 5.86. The summed E-state index contributed by atoms with van der Waals surface area (Å²) in [4.78, 5) is 35.9. The molecule has 6 nitrogen and oxygen atoms in total. The number of carbonyl (C=O) groups is 2. The fourth-order valence-electron chi connectivity index (χ4n) is 5.62. The van der Waals surface area contributed by atoms with E-state index in [1.807, 2.05) is 0 Å². The van der Waals surface area contributed by atoms with Gasteiger partial charge in [0.2, 0.25) is 11.8 Å². The zero-order valence-electron chi connectivity index (χ0n) is 15.1. The molecule has 26 heavy (non-hydrogen) atoms. The lowest BCUT2D eigenvalue weighted by atomic mass is 9.44. The second-order valence-electron chi connectivity index (χ2n) is 8.76. The Balaban J connectivity index is 1.15. The summed E-state index contributed by atoms with van der Waals surface area (Å²) in [5, 5.41) is 3.19. The van der Waals surface area contributed by atoms with Crippen LogP contribution >= 0.6 is 0 Å². The molecule has 138 valence electrons. The molecule has 1 aromatic heterocycles. The summed E-state index contributed by atoms with van der Waals surface area (Å²) in [6.07, 6.45) is 11.8. The van der Waals surface area contributed by atoms with Gasteiger partial charge in [-0.1, -0.05) is 0 Å². The van der Waals surface area contributed by atoms with Crippen LogP contribution in [0.5, 0.6) is 0 Å². The van der Waals surface area contributed by atoms with Crippen molar-refractivity contribution >= 4 is 11.8 Å². The lowest BCUT2D eigenvalue weighted by Gasteiger charge is -2.62. The SMILES string of the molecule is O=C(CCc1ncccn1)NC1CC2CCC(C1)N2C(=O)C12CC(C1)C2. The molecule has 1 N–H and O–H groups in total. The largest absolute Gasteiger partial charge is 0.353 e. The van der Waals surface area contributed by atoms with Gasteiger partial charge in [-0.2, -0.15) is 0 Å². The van der Waals surface area contributed by atoms with Crippen molar-refractivity contribution in [2.24, 2.45) is 11.3 Å². The highest BCUT2D eigenvalue weighted by Gasteiger charge is 2.64. The van der Waals surface area contributed by atoms with Crippen molar-refractivity contribution < 1.29 is 9.59 Å². The third kappa shape index (κ3) is 2.61. The summed E-state index contributed by atoms with van der Waals surface area (Å²) in [5.41, 5.74) is 0.0251. The second kappa shape index (κ2) is 6.03. The van der Waals surface area contributed by atoms with Crippen molar-refractivity contribution in [1.82, 2.24) is 20.2 Å². The maximum absolute atomic E-state index is 13.0. The molecule has 5 fully saturated rings. The van der Waals surface area contributed by atoms with Gasteiger partial charge in [0.15, 0.2) is 0 Å². The van der Waals surface area contributed by atoms with Crippen molar-refractivity contribution in [3.05, 3.63) is 24.3 Å². The molecule has 3 heterocycles. The summed E-state index contributed by atoms with van der Waals surface area (Å²) in [6, 6.07) is 2.64. The minimum atomic E-state index is 0.0251. The Morgan fingerprint density at radius 2 is 1.77 bits per heavy atom. The third-order valence-corrected chi connectivity index (χ3v) is 7.02. The second-order valence-corrected chi connectivity index (χ2v) is 8.76. The van der Waals surface area contributed by atoms with Gasteiger partial charge < -0.3 is 10.2 Å². The van der Waals surface area contributed by atoms with Gasteiger partial charge in [-0.15, -0.1) is 0 Å². The van der Waals surface area contributed by atoms with Gasteiger partial charge in [0.05, 0.1) is 5.41 Å². The molecular weight excluding hydrogens is 328 g/mol. The van der Waals surface area contributed by atoms with E-state index in [4.69, 9.17) is 0 Å². The Kier molecular flexibility index (Phi) is 3.76. The van der Waals surface area contributed by atoms with Crippen molar-refractivity contribution in [1.29, 1.82) is 0 Å². The molecule has 3 aliphatic carbocycles. The van der Waals surface area contributed by atoms with E-state index in [0.717, 1.165) is 50.9 Å². The first-order chi connectivity index (χ1) is 12.6. The average Bonchev–Trinajstić information content (AvgIpc) is 2.82. The Bertz CT molecular complexity index is 691. The highest BCUT2D eigenvalue weighted by Crippen LogP contribution is 2.65. The first-order valence-corrected chi connectivity index (χ1v) is 10.0. The van der Waals surface area contributed by atoms with Crippen LogP contribution in [-0.2, 0) is 16.0 Å². The number of aromatic nitrogens is 2. The fourth-order valence-corrected chi connectivity index (χ4v) is 5.62. The number of aryl methyl sites for hydroxylation is 1. The summed E-state index contributed by atoms with van der Waals surface area (Å²) < 4.78 is 0. The van der Waals surface area contributed by atoms with E-state index in [-0.39, 0.29) is 17.4 Å². The van der Waals surface area contributed by atoms with Crippen LogP contribution in [0.3, 0.4) is 0 Å². The zero-order chi connectivity index (χ0) is 17.7. The number of nitrogens with one attached hydrogen (secondary N) is 1. The third-order valence-electron chi connectivity index (χ3n) is 7.02. The molecule has 2 aliphatic heterocycles. The number of hydrogen-bond acceptors (Lipinski definition) is 4. The first-order valence-electron chi connectivity index (χ1n) is 10.0. The minimum absolute atomic E-state index is 0.0251. The van der Waals surface area contributed by atoms with Crippen LogP contribution in [0.15, 0.2) is 18.5 Å². The van der Waals surface area contributed by atoms with Crippen LogP contribution in [0.4, 0.5) is 0 Å². The average molecular weight is 354 g/mol. The number of nitrogens with zero attached hydrogens (tertiary/aromatic N) is 3. The molecule has 2 amide bonds. The summed E-state index contributed by atoms with van der Waals surface area (Å²) in [5.74, 6) is 2.04. The summed E-state index contributed by atoms with van der Waals surface area (Å²) >= 11 is 0. The maximum atomic E-state index is 13.0. The standard InChI is InChI=1S/C20H26N4O2/c25-18(5-4-17-21-6-1-7-22-17)23-14-8-15-2-3-16(9-14)24(15)19(26)20-10-13(11-20)12-20/h1,6-7,13-16H,2-5,8-12H2,(H,23,25). The van der Waals surface area contributed by atoms with Gasteiger partial charge in [0.25, 0.3) is 0 Å². The molecule has 2 unspecified atom stereocenters. The predicted molar refractivity (Wildman–Crippen MR) is 94.9 cm³/mol. The van der Waals surface area contributed by atoms with Gasteiger partial charge in [0, 0.05) is 43.4 Å². The normalized spacial score (nSPS) is 36.8. The molecule has 2 atom stereocenters. The molecule has 0 spiro atoms. The molecule has 4 bridgehead atoms. The minimum Gasteiger partial charge on any atom is -0.353 e. The summed E-state index contributed by atoms with van der Waals surface area (Å²) in [7, 11) is 0. The molecule has 6 heteroatoms. The van der Waals surface area contributed by atoms with E-state index in [1.165, 1.54) is 0 Å². The lowest BCUT2D eigenvalue weighted by molar-refractivity contribution is -0.181. The smallest absolute Gasteiger partial charge is 0.229 e. The molecule has 0 radical (unpaired) electrons. The Morgan fingerprint density at radius 3 is 2.35 bits per heavy atom. The van der Waals surface area contributed by atoms with E-state index >= 15 is 0 Å². The molecule has 5 aliphatic rings. The number of piperidine rings is 1. The van der Waals surface area contributed by atoms with Gasteiger partial charge in [-0.25, -0.2) is 9.97 Å². The van der Waals surface area contributed by atoms with Crippen molar-refractivity contribution in [3.8, 4) is 0 Å². The topological polar surface area (TPSA) is 75.2 Å². The van der Waals surface area contributed by atoms with Gasteiger partial charge in [0.1, 0.15) is 5.82 Å². The van der Waals surface area contributed by atoms with Crippen LogP contribution in [0.25, 0.3) is 0 Å². The molecule has 2 saturated heterocycles. The van der Waals surface area contributed by atoms with Crippen LogP contribution in [0.1, 0.15) is 57.2 Å². The first kappa shape index (κ1) is 16.2. The quantitative estimate of drug-likeness (QED) is 0.876. The van der Waals surface area contributed by atoms with Gasteiger partial charge in [-0.05, 0) is 56.9 Å². The fraction of sp³-hybridized carbons (Fsp3) is 0.700. The van der Waals surface area contributed by atoms with E-state index < -0.39 is 0 Å². The highest BCUT2D eigenvalue weighted by atomic mass is 16.2. The van der Waals surface area contributed by atoms with E-state index in [1.54, 1.807) is 18.5 Å². The number of amides is 2. The van der Waals surface area contributed by atoms with Gasteiger partial charge in [-0.3, -0.25) is 9.59 Å². The summed E-state index contributed by atoms with van der Waals surface area (Å²) in [6.45, 7) is 0. The monoisotopic (exact) mass is 354 g/mol. The molecular formula is C20H26N4O2. The van der Waals surface area contributed by atoms with Crippen molar-refractivity contribution in [2.45, 2.75) is 75.9 Å². The van der Waals surface area contributed by atoms with Crippen LogP contribution < -0.4 is 5.32 Å².